The topological polar surface area (TPSA) is 66.4 Å². The van der Waals surface area contributed by atoms with Gasteiger partial charge in [-0.1, -0.05) is 0 Å². The summed E-state index contributed by atoms with van der Waals surface area (Å²) in [5, 5.41) is 2.94. The van der Waals surface area contributed by atoms with Crippen molar-refractivity contribution in [1.82, 2.24) is 19.9 Å². The highest BCUT2D eigenvalue weighted by Crippen LogP contribution is 2.19. The second-order valence-electron chi connectivity index (χ2n) is 4.85. The number of methoxy groups -OCH3 is 1. The molecule has 1 unspecified atom stereocenters. The smallest absolute Gasteiger partial charge is 0.322 e. The first-order valence-electron chi connectivity index (χ1n) is 6.57. The van der Waals surface area contributed by atoms with Gasteiger partial charge in [0.15, 0.2) is 0 Å². The van der Waals surface area contributed by atoms with Gasteiger partial charge in [0, 0.05) is 26.2 Å². The third kappa shape index (κ3) is 3.23. The molecule has 2 rings (SSSR count). The molecule has 2 heterocycles. The second-order valence-corrected chi connectivity index (χ2v) is 4.85. The molecular formula is C12H22N6O. The van der Waals surface area contributed by atoms with Crippen molar-refractivity contribution in [1.29, 1.82) is 0 Å². The van der Waals surface area contributed by atoms with Crippen LogP contribution in [0.15, 0.2) is 0 Å². The van der Waals surface area contributed by atoms with Crippen molar-refractivity contribution in [2.45, 2.75) is 19.4 Å². The van der Waals surface area contributed by atoms with Crippen LogP contribution in [0.25, 0.3) is 0 Å². The first kappa shape index (κ1) is 13.8. The Balaban J connectivity index is 2.28. The fourth-order valence-corrected chi connectivity index (χ4v) is 2.35. The number of hydrogen-bond acceptors (Lipinski definition) is 7. The molecule has 0 radical (unpaired) electrons. The highest BCUT2D eigenvalue weighted by molar-refractivity contribution is 5.39. The van der Waals surface area contributed by atoms with E-state index in [-0.39, 0.29) is 0 Å². The number of hydrogen-bond donors (Lipinski definition) is 1. The third-order valence-electron chi connectivity index (χ3n) is 3.31. The number of nitrogens with one attached hydrogen (secondary N) is 1. The standard InChI is InChI=1S/C12H22N6O/c1-9-8-17(3)6-5-7-18(9)11-14-10(13-2)15-12(16-11)19-4/h9H,5-8H2,1-4H3,(H,13,14,15,16). The van der Waals surface area contributed by atoms with E-state index in [1.165, 1.54) is 0 Å². The summed E-state index contributed by atoms with van der Waals surface area (Å²) < 4.78 is 5.14. The number of aromatic nitrogens is 3. The zero-order valence-corrected chi connectivity index (χ0v) is 12.1. The molecular weight excluding hydrogens is 244 g/mol. The van der Waals surface area contributed by atoms with Crippen molar-refractivity contribution in [2.24, 2.45) is 0 Å². The Hall–Kier alpha value is -1.63. The third-order valence-corrected chi connectivity index (χ3v) is 3.31. The second kappa shape index (κ2) is 6.01. The molecule has 1 N–H and O–H groups in total. The van der Waals surface area contributed by atoms with Gasteiger partial charge in [-0.25, -0.2) is 0 Å². The van der Waals surface area contributed by atoms with Gasteiger partial charge in [0.05, 0.1) is 7.11 Å². The predicted octanol–water partition coefficient (Wildman–Crippen LogP) is 0.452. The van der Waals surface area contributed by atoms with E-state index in [1.54, 1.807) is 14.2 Å². The molecule has 0 bridgehead atoms. The van der Waals surface area contributed by atoms with Gasteiger partial charge in [-0.2, -0.15) is 15.0 Å². The highest BCUT2D eigenvalue weighted by Gasteiger charge is 2.23. The summed E-state index contributed by atoms with van der Waals surface area (Å²) in [7, 11) is 5.50. The Morgan fingerprint density at radius 1 is 1.26 bits per heavy atom. The molecule has 0 amide bonds. The molecule has 1 saturated heterocycles. The summed E-state index contributed by atoms with van der Waals surface area (Å²) in [6, 6.07) is 0.712. The zero-order valence-electron chi connectivity index (χ0n) is 12.1. The van der Waals surface area contributed by atoms with Gasteiger partial charge in [-0.15, -0.1) is 0 Å². The van der Waals surface area contributed by atoms with E-state index < -0.39 is 0 Å². The SMILES string of the molecule is CNc1nc(OC)nc(N2CCCN(C)CC2C)n1. The van der Waals surface area contributed by atoms with E-state index in [9.17, 15) is 0 Å². The lowest BCUT2D eigenvalue weighted by atomic mass is 10.3. The molecule has 0 aromatic carbocycles. The monoisotopic (exact) mass is 266 g/mol. The molecule has 7 heteroatoms. The van der Waals surface area contributed by atoms with Gasteiger partial charge >= 0.3 is 6.01 Å². The minimum atomic E-state index is 0.346. The van der Waals surface area contributed by atoms with Gasteiger partial charge in [-0.3, -0.25) is 0 Å². The Bertz CT molecular complexity index is 404. The summed E-state index contributed by atoms with van der Waals surface area (Å²) >= 11 is 0. The maximum atomic E-state index is 5.14. The molecule has 0 aliphatic carbocycles. The molecule has 7 nitrogen and oxygen atoms in total. The molecule has 1 aromatic heterocycles. The molecule has 19 heavy (non-hydrogen) atoms. The van der Waals surface area contributed by atoms with E-state index in [2.05, 4.69) is 44.0 Å². The Morgan fingerprint density at radius 3 is 2.74 bits per heavy atom. The van der Waals surface area contributed by atoms with Crippen LogP contribution in [0, 0.1) is 0 Å². The minimum Gasteiger partial charge on any atom is -0.467 e. The lowest BCUT2D eigenvalue weighted by molar-refractivity contribution is 0.336. The number of ether oxygens (including phenoxy) is 1. The van der Waals surface area contributed by atoms with Gasteiger partial charge in [0.25, 0.3) is 0 Å². The predicted molar refractivity (Wildman–Crippen MR) is 74.8 cm³/mol. The highest BCUT2D eigenvalue weighted by atomic mass is 16.5. The summed E-state index contributed by atoms with van der Waals surface area (Å²) in [5.41, 5.74) is 0. The molecule has 1 aliphatic heterocycles. The van der Waals surface area contributed by atoms with Crippen molar-refractivity contribution < 1.29 is 4.74 Å². The van der Waals surface area contributed by atoms with Gasteiger partial charge < -0.3 is 19.9 Å². The molecule has 1 atom stereocenters. The average Bonchev–Trinajstić information content (AvgIpc) is 2.58. The number of anilines is 2. The van der Waals surface area contributed by atoms with Crippen LogP contribution in [0.2, 0.25) is 0 Å². The van der Waals surface area contributed by atoms with Crippen LogP contribution >= 0.6 is 0 Å². The van der Waals surface area contributed by atoms with Gasteiger partial charge in [-0.05, 0) is 26.9 Å². The van der Waals surface area contributed by atoms with Crippen LogP contribution in [0.1, 0.15) is 13.3 Å². The largest absolute Gasteiger partial charge is 0.467 e. The van der Waals surface area contributed by atoms with E-state index >= 15 is 0 Å². The van der Waals surface area contributed by atoms with Crippen molar-refractivity contribution in [3.8, 4) is 6.01 Å². The van der Waals surface area contributed by atoms with E-state index in [0.29, 0.717) is 23.9 Å². The van der Waals surface area contributed by atoms with Crippen molar-refractivity contribution in [3.05, 3.63) is 0 Å². The summed E-state index contributed by atoms with van der Waals surface area (Å²) in [4.78, 5) is 17.5. The maximum Gasteiger partial charge on any atom is 0.322 e. The molecule has 106 valence electrons. The fraction of sp³-hybridized carbons (Fsp3) is 0.750. The van der Waals surface area contributed by atoms with Crippen LogP contribution < -0.4 is 15.0 Å². The fourth-order valence-electron chi connectivity index (χ4n) is 2.35. The average molecular weight is 266 g/mol. The molecule has 1 aliphatic rings. The van der Waals surface area contributed by atoms with Crippen LogP contribution in [0.4, 0.5) is 11.9 Å². The summed E-state index contributed by atoms with van der Waals surface area (Å²) in [6.07, 6.45) is 1.10. The zero-order chi connectivity index (χ0) is 13.8. The first-order valence-corrected chi connectivity index (χ1v) is 6.57. The van der Waals surface area contributed by atoms with E-state index in [4.69, 9.17) is 4.74 Å². The Kier molecular flexibility index (Phi) is 4.36. The normalized spacial score (nSPS) is 21.1. The van der Waals surface area contributed by atoms with Crippen molar-refractivity contribution >= 4 is 11.9 Å². The van der Waals surface area contributed by atoms with Crippen molar-refractivity contribution in [3.63, 3.8) is 0 Å². The van der Waals surface area contributed by atoms with Crippen LogP contribution in [0.3, 0.4) is 0 Å². The van der Waals surface area contributed by atoms with Gasteiger partial charge in [0.1, 0.15) is 0 Å². The molecule has 0 saturated carbocycles. The first-order chi connectivity index (χ1) is 9.13. The summed E-state index contributed by atoms with van der Waals surface area (Å²) in [5.74, 6) is 1.21. The number of nitrogens with zero attached hydrogens (tertiary/aromatic N) is 5. The minimum absolute atomic E-state index is 0.346. The van der Waals surface area contributed by atoms with E-state index in [0.717, 1.165) is 26.1 Å². The van der Waals surface area contributed by atoms with Crippen LogP contribution in [-0.4, -0.2) is 66.7 Å². The quantitative estimate of drug-likeness (QED) is 0.852. The lowest BCUT2D eigenvalue weighted by Gasteiger charge is -2.28. The number of likely N-dealkylation sites (N-methyl/N-ethyl adjacent to an activating group) is 1. The lowest BCUT2D eigenvalue weighted by Crippen LogP contribution is -2.39. The molecule has 1 fully saturated rings. The van der Waals surface area contributed by atoms with Crippen molar-refractivity contribution in [2.75, 3.05) is 51.1 Å². The Morgan fingerprint density at radius 2 is 2.05 bits per heavy atom. The van der Waals surface area contributed by atoms with Gasteiger partial charge in [0.2, 0.25) is 11.9 Å². The molecule has 1 aromatic rings. The Labute approximate surface area is 114 Å². The maximum absolute atomic E-state index is 5.14. The molecule has 0 spiro atoms. The van der Waals surface area contributed by atoms with E-state index in [1.807, 2.05) is 0 Å². The number of rotatable bonds is 3. The van der Waals surface area contributed by atoms with Crippen LogP contribution in [-0.2, 0) is 0 Å². The van der Waals surface area contributed by atoms with Crippen LogP contribution in [0.5, 0.6) is 6.01 Å². The summed E-state index contributed by atoms with van der Waals surface area (Å²) in [6.45, 7) is 5.24.